The van der Waals surface area contributed by atoms with E-state index in [-0.39, 0.29) is 17.9 Å². The molecule has 1 aromatic rings. The highest BCUT2D eigenvalue weighted by Crippen LogP contribution is 2.12. The number of carbonyl (C=O) groups excluding carboxylic acids is 1. The van der Waals surface area contributed by atoms with E-state index in [4.69, 9.17) is 10.5 Å². The molecule has 0 saturated carbocycles. The Morgan fingerprint density at radius 1 is 1.45 bits per heavy atom. The number of nitrogens with two attached hydrogens (primary N) is 1. The van der Waals surface area contributed by atoms with E-state index >= 15 is 0 Å². The Balaban J connectivity index is 2.56. The first kappa shape index (κ1) is 16.4. The van der Waals surface area contributed by atoms with E-state index in [0.29, 0.717) is 12.4 Å². The van der Waals surface area contributed by atoms with Crippen LogP contribution in [0.25, 0.3) is 0 Å². The molecule has 1 unspecified atom stereocenters. The van der Waals surface area contributed by atoms with Gasteiger partial charge in [0.1, 0.15) is 0 Å². The largest absolute Gasteiger partial charge is 0.475 e. The lowest BCUT2D eigenvalue weighted by atomic mass is 10.1. The minimum absolute atomic E-state index is 0.122. The molecule has 0 bridgehead atoms. The molecule has 1 aromatic heterocycles. The topological polar surface area (TPSA) is 77.2 Å². The van der Waals surface area contributed by atoms with E-state index < -0.39 is 6.04 Å². The molecule has 0 aliphatic rings. The van der Waals surface area contributed by atoms with Gasteiger partial charge in [-0.1, -0.05) is 20.8 Å². The van der Waals surface area contributed by atoms with Crippen molar-refractivity contribution in [3.63, 3.8) is 0 Å². The molecule has 2 atom stereocenters. The molecule has 3 N–H and O–H groups in total. The van der Waals surface area contributed by atoms with Crippen molar-refractivity contribution in [2.24, 2.45) is 11.7 Å². The van der Waals surface area contributed by atoms with E-state index in [9.17, 15) is 4.79 Å². The van der Waals surface area contributed by atoms with Crippen LogP contribution in [0.5, 0.6) is 5.88 Å². The van der Waals surface area contributed by atoms with E-state index in [0.717, 1.165) is 12.0 Å². The highest BCUT2D eigenvalue weighted by Gasteiger charge is 2.16. The van der Waals surface area contributed by atoms with Gasteiger partial charge < -0.3 is 15.8 Å². The lowest BCUT2D eigenvalue weighted by Gasteiger charge is -2.16. The summed E-state index contributed by atoms with van der Waals surface area (Å²) in [5.41, 5.74) is 6.74. The number of rotatable bonds is 7. The number of pyridine rings is 1. The van der Waals surface area contributed by atoms with E-state index in [1.165, 1.54) is 0 Å². The molecule has 0 radical (unpaired) electrons. The fraction of sp³-hybridized carbons (Fsp3) is 0.600. The molecule has 0 aliphatic heterocycles. The van der Waals surface area contributed by atoms with Gasteiger partial charge in [-0.3, -0.25) is 4.79 Å². The second kappa shape index (κ2) is 7.85. The summed E-state index contributed by atoms with van der Waals surface area (Å²) < 4.78 is 5.65. The van der Waals surface area contributed by atoms with E-state index in [1.54, 1.807) is 6.20 Å². The number of hydrogen-bond donors (Lipinski definition) is 2. The smallest absolute Gasteiger partial charge is 0.237 e. The van der Waals surface area contributed by atoms with Gasteiger partial charge in [-0.15, -0.1) is 0 Å². The van der Waals surface area contributed by atoms with Gasteiger partial charge in [0.15, 0.2) is 0 Å². The van der Waals surface area contributed by atoms with Gasteiger partial charge >= 0.3 is 0 Å². The third-order valence-corrected chi connectivity index (χ3v) is 3.18. The van der Waals surface area contributed by atoms with Crippen LogP contribution in [0.2, 0.25) is 0 Å². The summed E-state index contributed by atoms with van der Waals surface area (Å²) in [5, 5.41) is 2.83. The van der Waals surface area contributed by atoms with Gasteiger partial charge in [0, 0.05) is 18.8 Å². The Labute approximate surface area is 120 Å². The van der Waals surface area contributed by atoms with Crippen LogP contribution in [0.1, 0.15) is 39.7 Å². The molecule has 5 nitrogen and oxygen atoms in total. The van der Waals surface area contributed by atoms with Gasteiger partial charge in [0.05, 0.1) is 12.1 Å². The van der Waals surface area contributed by atoms with Crippen molar-refractivity contribution in [2.75, 3.05) is 0 Å². The average Bonchev–Trinajstić information content (AvgIpc) is 2.44. The number of nitrogens with one attached hydrogen (secondary N) is 1. The zero-order chi connectivity index (χ0) is 15.1. The predicted octanol–water partition coefficient (Wildman–Crippen LogP) is 1.86. The summed E-state index contributed by atoms with van der Waals surface area (Å²) in [6.45, 7) is 8.34. The maximum absolute atomic E-state index is 11.8. The molecule has 1 heterocycles. The second-order valence-electron chi connectivity index (χ2n) is 5.33. The summed E-state index contributed by atoms with van der Waals surface area (Å²) in [6, 6.07) is 3.21. The molecule has 20 heavy (non-hydrogen) atoms. The van der Waals surface area contributed by atoms with Crippen LogP contribution in [0.4, 0.5) is 0 Å². The highest BCUT2D eigenvalue weighted by atomic mass is 16.5. The number of amides is 1. The average molecular weight is 279 g/mol. The molecule has 1 amide bonds. The summed E-state index contributed by atoms with van der Waals surface area (Å²) in [6.07, 6.45) is 2.73. The molecule has 0 aromatic carbocycles. The van der Waals surface area contributed by atoms with Crippen LogP contribution < -0.4 is 15.8 Å². The van der Waals surface area contributed by atoms with Crippen molar-refractivity contribution in [3.05, 3.63) is 23.9 Å². The highest BCUT2D eigenvalue weighted by molar-refractivity contribution is 5.81. The Morgan fingerprint density at radius 3 is 2.75 bits per heavy atom. The minimum atomic E-state index is -0.479. The molecule has 5 heteroatoms. The van der Waals surface area contributed by atoms with Gasteiger partial charge in [-0.25, -0.2) is 4.98 Å². The van der Waals surface area contributed by atoms with Crippen LogP contribution >= 0.6 is 0 Å². The van der Waals surface area contributed by atoms with E-state index in [2.05, 4.69) is 17.2 Å². The Bertz CT molecular complexity index is 435. The zero-order valence-corrected chi connectivity index (χ0v) is 12.7. The van der Waals surface area contributed by atoms with Gasteiger partial charge in [-0.2, -0.15) is 0 Å². The van der Waals surface area contributed by atoms with Crippen LogP contribution in [0, 0.1) is 5.92 Å². The molecule has 0 saturated heterocycles. The quantitative estimate of drug-likeness (QED) is 0.798. The Morgan fingerprint density at radius 2 is 2.15 bits per heavy atom. The van der Waals surface area contributed by atoms with Crippen molar-refractivity contribution >= 4 is 5.91 Å². The first-order valence-electron chi connectivity index (χ1n) is 7.08. The normalized spacial score (nSPS) is 13.9. The van der Waals surface area contributed by atoms with Crippen LogP contribution in [-0.4, -0.2) is 23.0 Å². The molecular weight excluding hydrogens is 254 g/mol. The predicted molar refractivity (Wildman–Crippen MR) is 79.3 cm³/mol. The van der Waals surface area contributed by atoms with Crippen LogP contribution in [0.3, 0.4) is 0 Å². The Kier molecular flexibility index (Phi) is 6.45. The standard InChI is InChI=1S/C15H25N3O2/c1-5-11(4)20-13-8-12(6-7-17-13)9-18-15(19)14(16)10(2)3/h6-8,10-11,14H,5,9,16H2,1-4H3,(H,18,19)/t11?,14-/m0/s1. The molecule has 0 spiro atoms. The first-order valence-corrected chi connectivity index (χ1v) is 7.08. The number of carbonyl (C=O) groups is 1. The lowest BCUT2D eigenvalue weighted by molar-refractivity contribution is -0.123. The second-order valence-corrected chi connectivity index (χ2v) is 5.33. The monoisotopic (exact) mass is 279 g/mol. The van der Waals surface area contributed by atoms with Gasteiger partial charge in [-0.05, 0) is 30.9 Å². The van der Waals surface area contributed by atoms with Crippen molar-refractivity contribution in [1.29, 1.82) is 0 Å². The Hall–Kier alpha value is -1.62. The van der Waals surface area contributed by atoms with E-state index in [1.807, 2.05) is 32.9 Å². The fourth-order valence-electron chi connectivity index (χ4n) is 1.52. The molecule has 112 valence electrons. The number of aromatic nitrogens is 1. The maximum Gasteiger partial charge on any atom is 0.237 e. The summed E-state index contributed by atoms with van der Waals surface area (Å²) >= 11 is 0. The number of ether oxygens (including phenoxy) is 1. The van der Waals surface area contributed by atoms with Crippen molar-refractivity contribution in [1.82, 2.24) is 10.3 Å². The first-order chi connectivity index (χ1) is 9.43. The molecular formula is C15H25N3O2. The zero-order valence-electron chi connectivity index (χ0n) is 12.7. The third kappa shape index (κ3) is 5.17. The van der Waals surface area contributed by atoms with Gasteiger partial charge in [0.2, 0.25) is 11.8 Å². The lowest BCUT2D eigenvalue weighted by Crippen LogP contribution is -2.43. The SMILES string of the molecule is CCC(C)Oc1cc(CNC(=O)[C@@H](N)C(C)C)ccn1. The molecule has 0 fully saturated rings. The molecule has 1 rings (SSSR count). The van der Waals surface area contributed by atoms with Crippen molar-refractivity contribution in [2.45, 2.75) is 52.8 Å². The maximum atomic E-state index is 11.8. The summed E-state index contributed by atoms with van der Waals surface area (Å²) in [5.74, 6) is 0.567. The van der Waals surface area contributed by atoms with Crippen molar-refractivity contribution in [3.8, 4) is 5.88 Å². The van der Waals surface area contributed by atoms with Crippen LogP contribution in [0.15, 0.2) is 18.3 Å². The summed E-state index contributed by atoms with van der Waals surface area (Å²) in [4.78, 5) is 15.9. The third-order valence-electron chi connectivity index (χ3n) is 3.18. The molecule has 0 aliphatic carbocycles. The fourth-order valence-corrected chi connectivity index (χ4v) is 1.52. The number of hydrogen-bond acceptors (Lipinski definition) is 4. The minimum Gasteiger partial charge on any atom is -0.475 e. The van der Waals surface area contributed by atoms with Crippen LogP contribution in [-0.2, 0) is 11.3 Å². The van der Waals surface area contributed by atoms with Gasteiger partial charge in [0.25, 0.3) is 0 Å². The van der Waals surface area contributed by atoms with Crippen molar-refractivity contribution < 1.29 is 9.53 Å². The summed E-state index contributed by atoms with van der Waals surface area (Å²) in [7, 11) is 0. The number of nitrogens with zero attached hydrogens (tertiary/aromatic N) is 1.